The third kappa shape index (κ3) is 4.06. The lowest BCUT2D eigenvalue weighted by molar-refractivity contribution is 0.0408. The number of aliphatic hydroxyl groups is 1. The number of thiophene rings is 1. The largest absolute Gasteiger partial charge is 0.390 e. The van der Waals surface area contributed by atoms with Crippen molar-refractivity contribution < 1.29 is 9.84 Å². The predicted molar refractivity (Wildman–Crippen MR) is 83.7 cm³/mol. The molecule has 0 saturated heterocycles. The fraction of sp³-hybridized carbons (Fsp3) is 0.571. The molecule has 0 radical (unpaired) electrons. The topological polar surface area (TPSA) is 60.2 Å². The maximum Gasteiger partial charge on any atom is 0.191 e. The zero-order chi connectivity index (χ0) is 14.7. The Morgan fingerprint density at radius 1 is 1.52 bits per heavy atom. The number of hydrogen-bond donors (Lipinski definition) is 1. The predicted octanol–water partition coefficient (Wildman–Crippen LogP) is 2.42. The van der Waals surface area contributed by atoms with Gasteiger partial charge in [0.25, 0.3) is 0 Å². The highest BCUT2D eigenvalue weighted by molar-refractivity contribution is 7.99. The molecule has 1 fully saturated rings. The van der Waals surface area contributed by atoms with E-state index < -0.39 is 6.10 Å². The Labute approximate surface area is 132 Å². The molecule has 0 aliphatic heterocycles. The lowest BCUT2D eigenvalue weighted by atomic mass is 10.4. The summed E-state index contributed by atoms with van der Waals surface area (Å²) >= 11 is 3.20. The molecular formula is C14H19N3O2S2. The van der Waals surface area contributed by atoms with Crippen molar-refractivity contribution in [1.29, 1.82) is 0 Å². The van der Waals surface area contributed by atoms with Gasteiger partial charge in [-0.1, -0.05) is 17.8 Å². The molecule has 7 heteroatoms. The van der Waals surface area contributed by atoms with Gasteiger partial charge >= 0.3 is 0 Å². The van der Waals surface area contributed by atoms with Crippen LogP contribution in [0.4, 0.5) is 0 Å². The summed E-state index contributed by atoms with van der Waals surface area (Å²) in [7, 11) is 2.00. The Kier molecular flexibility index (Phi) is 4.95. The third-order valence-electron chi connectivity index (χ3n) is 3.35. The Hall–Kier alpha value is -0.890. The lowest BCUT2D eigenvalue weighted by Crippen LogP contribution is -2.18. The molecule has 21 heavy (non-hydrogen) atoms. The van der Waals surface area contributed by atoms with Crippen LogP contribution in [0.2, 0.25) is 0 Å². The minimum absolute atomic E-state index is 0.345. The average Bonchev–Trinajstić information content (AvgIpc) is 3.05. The van der Waals surface area contributed by atoms with E-state index in [0.29, 0.717) is 24.9 Å². The van der Waals surface area contributed by atoms with Crippen LogP contribution in [0.25, 0.3) is 0 Å². The summed E-state index contributed by atoms with van der Waals surface area (Å²) in [6.45, 7) is 0.910. The van der Waals surface area contributed by atoms with Gasteiger partial charge in [0.15, 0.2) is 5.16 Å². The van der Waals surface area contributed by atoms with Crippen LogP contribution in [0.5, 0.6) is 0 Å². The minimum Gasteiger partial charge on any atom is -0.390 e. The van der Waals surface area contributed by atoms with Gasteiger partial charge in [-0.05, 0) is 24.3 Å². The monoisotopic (exact) mass is 325 g/mol. The van der Waals surface area contributed by atoms with Gasteiger partial charge in [-0.3, -0.25) is 0 Å². The van der Waals surface area contributed by atoms with E-state index in [-0.39, 0.29) is 0 Å². The Balaban J connectivity index is 1.40. The van der Waals surface area contributed by atoms with Crippen molar-refractivity contribution in [2.45, 2.75) is 36.6 Å². The van der Waals surface area contributed by atoms with E-state index in [2.05, 4.69) is 10.2 Å². The van der Waals surface area contributed by atoms with Gasteiger partial charge in [0, 0.05) is 23.6 Å². The minimum atomic E-state index is -0.490. The second kappa shape index (κ2) is 6.91. The first-order valence-corrected chi connectivity index (χ1v) is 8.91. The molecule has 2 aromatic rings. The van der Waals surface area contributed by atoms with Gasteiger partial charge in [0.2, 0.25) is 0 Å². The highest BCUT2D eigenvalue weighted by atomic mass is 32.2. The smallest absolute Gasteiger partial charge is 0.191 e. The van der Waals surface area contributed by atoms with Crippen molar-refractivity contribution in [3.05, 3.63) is 28.2 Å². The van der Waals surface area contributed by atoms with E-state index in [9.17, 15) is 5.11 Å². The van der Waals surface area contributed by atoms with Crippen molar-refractivity contribution in [3.8, 4) is 0 Å². The molecule has 114 valence electrons. The molecule has 5 nitrogen and oxygen atoms in total. The van der Waals surface area contributed by atoms with E-state index in [4.69, 9.17) is 4.74 Å². The van der Waals surface area contributed by atoms with Gasteiger partial charge in [-0.2, -0.15) is 0 Å². The van der Waals surface area contributed by atoms with Crippen LogP contribution >= 0.6 is 23.1 Å². The number of nitrogens with zero attached hydrogens (tertiary/aromatic N) is 3. The number of ether oxygens (including phenoxy) is 1. The van der Waals surface area contributed by atoms with Crippen molar-refractivity contribution in [1.82, 2.24) is 14.8 Å². The summed E-state index contributed by atoms with van der Waals surface area (Å²) in [4.78, 5) is 1.18. The first kappa shape index (κ1) is 15.0. The molecule has 0 spiro atoms. The van der Waals surface area contributed by atoms with Crippen molar-refractivity contribution >= 4 is 23.1 Å². The molecule has 0 bridgehead atoms. The molecule has 1 atom stereocenters. The van der Waals surface area contributed by atoms with Crippen LogP contribution in [-0.4, -0.2) is 38.3 Å². The normalized spacial score (nSPS) is 16.3. The molecule has 1 saturated carbocycles. The van der Waals surface area contributed by atoms with Gasteiger partial charge in [-0.15, -0.1) is 21.5 Å². The van der Waals surface area contributed by atoms with Crippen LogP contribution in [0.15, 0.2) is 22.7 Å². The molecule has 0 aromatic carbocycles. The fourth-order valence-electron chi connectivity index (χ4n) is 2.06. The summed E-state index contributed by atoms with van der Waals surface area (Å²) in [6.07, 6.45) is 1.95. The van der Waals surface area contributed by atoms with E-state index in [0.717, 1.165) is 11.0 Å². The SMILES string of the molecule is Cn1c(SCC(O)COCc2cccs2)nnc1C1CC1. The van der Waals surface area contributed by atoms with Crippen LogP contribution in [-0.2, 0) is 18.4 Å². The van der Waals surface area contributed by atoms with Crippen molar-refractivity contribution in [2.24, 2.45) is 7.05 Å². The first-order valence-electron chi connectivity index (χ1n) is 7.04. The molecule has 2 heterocycles. The van der Waals surface area contributed by atoms with E-state index in [1.54, 1.807) is 11.3 Å². The summed E-state index contributed by atoms with van der Waals surface area (Å²) in [5, 5.41) is 21.3. The maximum atomic E-state index is 9.96. The number of hydrogen-bond acceptors (Lipinski definition) is 6. The highest BCUT2D eigenvalue weighted by Gasteiger charge is 2.29. The molecule has 1 aliphatic rings. The van der Waals surface area contributed by atoms with Crippen LogP contribution in [0.1, 0.15) is 29.5 Å². The van der Waals surface area contributed by atoms with Gasteiger partial charge in [0.05, 0.1) is 19.3 Å². The summed E-state index contributed by atoms with van der Waals surface area (Å²) < 4.78 is 7.56. The number of aliphatic hydroxyl groups excluding tert-OH is 1. The fourth-order valence-corrected chi connectivity index (χ4v) is 3.52. The van der Waals surface area contributed by atoms with E-state index >= 15 is 0 Å². The van der Waals surface area contributed by atoms with Crippen LogP contribution in [0, 0.1) is 0 Å². The summed E-state index contributed by atoms with van der Waals surface area (Å²) in [6, 6.07) is 4.03. The number of aromatic nitrogens is 3. The Bertz CT molecular complexity index is 567. The molecule has 3 rings (SSSR count). The molecule has 1 N–H and O–H groups in total. The summed E-state index contributed by atoms with van der Waals surface area (Å²) in [5.41, 5.74) is 0. The quantitative estimate of drug-likeness (QED) is 0.755. The van der Waals surface area contributed by atoms with Crippen LogP contribution < -0.4 is 0 Å². The highest BCUT2D eigenvalue weighted by Crippen LogP contribution is 2.39. The molecule has 1 unspecified atom stereocenters. The molecular weight excluding hydrogens is 306 g/mol. The second-order valence-corrected chi connectivity index (χ2v) is 7.25. The van der Waals surface area contributed by atoms with Gasteiger partial charge in [0.1, 0.15) is 5.82 Å². The first-order chi connectivity index (χ1) is 10.2. The lowest BCUT2D eigenvalue weighted by Gasteiger charge is -2.10. The zero-order valence-corrected chi connectivity index (χ0v) is 13.6. The van der Waals surface area contributed by atoms with E-state index in [1.165, 1.54) is 29.5 Å². The zero-order valence-electron chi connectivity index (χ0n) is 11.9. The van der Waals surface area contributed by atoms with Crippen molar-refractivity contribution in [3.63, 3.8) is 0 Å². The second-order valence-electron chi connectivity index (χ2n) is 5.23. The number of thioether (sulfide) groups is 1. The molecule has 1 aliphatic carbocycles. The standard InChI is InChI=1S/C14H19N3O2S2/c1-17-13(10-4-5-10)15-16-14(17)21-9-11(18)7-19-8-12-3-2-6-20-12/h2-3,6,10-11,18H,4-5,7-9H2,1H3. The maximum absolute atomic E-state index is 9.96. The third-order valence-corrected chi connectivity index (χ3v) is 5.37. The van der Waals surface area contributed by atoms with Gasteiger partial charge < -0.3 is 14.4 Å². The molecule has 2 aromatic heterocycles. The molecule has 0 amide bonds. The Morgan fingerprint density at radius 2 is 2.38 bits per heavy atom. The Morgan fingerprint density at radius 3 is 3.10 bits per heavy atom. The summed E-state index contributed by atoms with van der Waals surface area (Å²) in [5.74, 6) is 2.23. The van der Waals surface area contributed by atoms with Crippen molar-refractivity contribution in [2.75, 3.05) is 12.4 Å². The van der Waals surface area contributed by atoms with Gasteiger partial charge in [-0.25, -0.2) is 0 Å². The number of rotatable bonds is 8. The van der Waals surface area contributed by atoms with E-state index in [1.807, 2.05) is 29.1 Å². The average molecular weight is 325 g/mol. The van der Waals surface area contributed by atoms with Crippen LogP contribution in [0.3, 0.4) is 0 Å².